The van der Waals surface area contributed by atoms with Gasteiger partial charge in [-0.25, -0.2) is 0 Å². The lowest BCUT2D eigenvalue weighted by Gasteiger charge is -2.22. The Morgan fingerprint density at radius 2 is 2.11 bits per heavy atom. The fraction of sp³-hybridized carbons (Fsp3) is 1.00. The molecular weight excluding hydrogens is 130 g/mol. The molecule has 1 nitrogen and oxygen atoms in total. The minimum absolute atomic E-state index is 0.392. The molecule has 0 radical (unpaired) electrons. The van der Waals surface area contributed by atoms with Crippen LogP contribution in [0.5, 0.6) is 0 Å². The second-order valence-corrected chi connectivity index (χ2v) is 4.40. The molecule has 1 N–H and O–H groups in total. The third-order valence-corrected chi connectivity index (χ3v) is 2.71. The Kier molecular flexibility index (Phi) is 2.42. The predicted molar refractivity (Wildman–Crippen MR) is 44.0 cm³/mol. The van der Waals surface area contributed by atoms with Crippen molar-refractivity contribution in [1.82, 2.24) is 5.32 Å². The van der Waals surface area contributed by atoms with Crippen molar-refractivity contribution in [2.24, 2.45) is 0 Å². The van der Waals surface area contributed by atoms with Crippen molar-refractivity contribution < 1.29 is 0 Å². The summed E-state index contributed by atoms with van der Waals surface area (Å²) in [6.07, 6.45) is 1.30. The third kappa shape index (κ3) is 2.59. The zero-order valence-corrected chi connectivity index (χ0v) is 7.05. The van der Waals surface area contributed by atoms with Gasteiger partial charge in [0.2, 0.25) is 0 Å². The fourth-order valence-corrected chi connectivity index (χ4v) is 2.08. The van der Waals surface area contributed by atoms with Crippen LogP contribution in [0.25, 0.3) is 0 Å². The molecule has 0 spiro atoms. The van der Waals surface area contributed by atoms with Crippen LogP contribution in [-0.2, 0) is 0 Å². The molecule has 0 saturated carbocycles. The Balaban J connectivity index is 2.36. The van der Waals surface area contributed by atoms with Gasteiger partial charge in [-0.05, 0) is 26.0 Å². The van der Waals surface area contributed by atoms with E-state index < -0.39 is 0 Å². The molecule has 0 amide bonds. The van der Waals surface area contributed by atoms with Gasteiger partial charge in [0.1, 0.15) is 0 Å². The molecule has 1 heterocycles. The van der Waals surface area contributed by atoms with Crippen LogP contribution in [0, 0.1) is 0 Å². The van der Waals surface area contributed by atoms with Crippen LogP contribution in [0.3, 0.4) is 0 Å². The Labute approximate surface area is 61.6 Å². The first-order valence-electron chi connectivity index (χ1n) is 3.53. The fourth-order valence-electron chi connectivity index (χ4n) is 0.979. The van der Waals surface area contributed by atoms with Crippen LogP contribution in [0.4, 0.5) is 0 Å². The molecule has 0 atom stereocenters. The van der Waals surface area contributed by atoms with Gasteiger partial charge in [0.25, 0.3) is 0 Å². The second kappa shape index (κ2) is 2.93. The monoisotopic (exact) mass is 145 g/mol. The Morgan fingerprint density at radius 1 is 1.33 bits per heavy atom. The van der Waals surface area contributed by atoms with Crippen molar-refractivity contribution in [2.45, 2.75) is 25.8 Å². The summed E-state index contributed by atoms with van der Waals surface area (Å²) in [6.45, 7) is 5.73. The molecule has 0 aromatic carbocycles. The molecule has 1 rings (SSSR count). The maximum Gasteiger partial charge on any atom is 0.0133 e. The van der Waals surface area contributed by atoms with Crippen LogP contribution >= 0.6 is 11.8 Å². The van der Waals surface area contributed by atoms with E-state index in [0.717, 1.165) is 0 Å². The molecule has 0 aromatic heterocycles. The van der Waals surface area contributed by atoms with Gasteiger partial charge in [0, 0.05) is 17.8 Å². The topological polar surface area (TPSA) is 12.0 Å². The molecule has 54 valence electrons. The summed E-state index contributed by atoms with van der Waals surface area (Å²) in [4.78, 5) is 0. The van der Waals surface area contributed by atoms with Crippen LogP contribution in [0.1, 0.15) is 20.3 Å². The van der Waals surface area contributed by atoms with Gasteiger partial charge < -0.3 is 5.32 Å². The van der Waals surface area contributed by atoms with E-state index in [1.807, 2.05) is 0 Å². The summed E-state index contributed by atoms with van der Waals surface area (Å²) in [6, 6.07) is 0. The molecule has 1 saturated heterocycles. The van der Waals surface area contributed by atoms with Crippen LogP contribution in [0.2, 0.25) is 0 Å². The first kappa shape index (κ1) is 7.42. The maximum atomic E-state index is 3.50. The van der Waals surface area contributed by atoms with Gasteiger partial charge in [-0.2, -0.15) is 11.8 Å². The average molecular weight is 145 g/mol. The molecule has 2 heteroatoms. The Hall–Kier alpha value is 0.310. The molecule has 0 aromatic rings. The molecule has 9 heavy (non-hydrogen) atoms. The lowest BCUT2D eigenvalue weighted by molar-refractivity contribution is 0.396. The van der Waals surface area contributed by atoms with E-state index in [4.69, 9.17) is 0 Å². The zero-order valence-electron chi connectivity index (χ0n) is 6.24. The van der Waals surface area contributed by atoms with Gasteiger partial charge in [-0.3, -0.25) is 0 Å². The van der Waals surface area contributed by atoms with Crippen LogP contribution in [0.15, 0.2) is 0 Å². The van der Waals surface area contributed by atoms with E-state index in [2.05, 4.69) is 30.9 Å². The number of rotatable bonds is 0. The normalized spacial score (nSPS) is 27.3. The Bertz CT molecular complexity index is 80.9. The molecule has 0 bridgehead atoms. The Morgan fingerprint density at radius 3 is 2.89 bits per heavy atom. The SMILES string of the molecule is CC1(C)CCSCCN1. The highest BCUT2D eigenvalue weighted by Crippen LogP contribution is 2.16. The van der Waals surface area contributed by atoms with Gasteiger partial charge in [-0.15, -0.1) is 0 Å². The van der Waals surface area contributed by atoms with E-state index in [1.54, 1.807) is 0 Å². The second-order valence-electron chi connectivity index (χ2n) is 3.17. The van der Waals surface area contributed by atoms with Crippen molar-refractivity contribution in [3.8, 4) is 0 Å². The number of nitrogens with one attached hydrogen (secondary N) is 1. The molecule has 1 aliphatic heterocycles. The van der Waals surface area contributed by atoms with Crippen molar-refractivity contribution in [1.29, 1.82) is 0 Å². The van der Waals surface area contributed by atoms with Crippen LogP contribution < -0.4 is 5.32 Å². The lowest BCUT2D eigenvalue weighted by atomic mass is 10.0. The van der Waals surface area contributed by atoms with E-state index in [9.17, 15) is 0 Å². The van der Waals surface area contributed by atoms with Crippen molar-refractivity contribution >= 4 is 11.8 Å². The largest absolute Gasteiger partial charge is 0.311 e. The summed E-state index contributed by atoms with van der Waals surface area (Å²) in [7, 11) is 0. The third-order valence-electron chi connectivity index (χ3n) is 1.72. The highest BCUT2D eigenvalue weighted by molar-refractivity contribution is 7.99. The lowest BCUT2D eigenvalue weighted by Crippen LogP contribution is -2.39. The summed E-state index contributed by atoms with van der Waals surface area (Å²) >= 11 is 2.06. The zero-order chi connectivity index (χ0) is 6.74. The predicted octanol–water partition coefficient (Wildman–Crippen LogP) is 1.49. The average Bonchev–Trinajstić information content (AvgIpc) is 1.92. The van der Waals surface area contributed by atoms with Gasteiger partial charge in [0.05, 0.1) is 0 Å². The maximum absolute atomic E-state index is 3.50. The highest BCUT2D eigenvalue weighted by atomic mass is 32.2. The van der Waals surface area contributed by atoms with E-state index >= 15 is 0 Å². The smallest absolute Gasteiger partial charge is 0.0133 e. The van der Waals surface area contributed by atoms with Gasteiger partial charge in [-0.1, -0.05) is 0 Å². The standard InChI is InChI=1S/C7H15NS/c1-7(2)3-5-9-6-4-8-7/h8H,3-6H2,1-2H3. The minimum atomic E-state index is 0.392. The van der Waals surface area contributed by atoms with Gasteiger partial charge >= 0.3 is 0 Å². The van der Waals surface area contributed by atoms with E-state index in [-0.39, 0.29) is 0 Å². The minimum Gasteiger partial charge on any atom is -0.311 e. The number of hydrogen-bond acceptors (Lipinski definition) is 2. The summed E-state index contributed by atoms with van der Waals surface area (Å²) in [5, 5.41) is 3.50. The summed E-state index contributed by atoms with van der Waals surface area (Å²) in [5.74, 6) is 2.60. The number of hydrogen-bond donors (Lipinski definition) is 1. The van der Waals surface area contributed by atoms with Gasteiger partial charge in [0.15, 0.2) is 0 Å². The molecular formula is C7H15NS. The highest BCUT2D eigenvalue weighted by Gasteiger charge is 2.17. The first-order chi connectivity index (χ1) is 4.21. The number of thioether (sulfide) groups is 1. The first-order valence-corrected chi connectivity index (χ1v) is 4.69. The molecule has 0 unspecified atom stereocenters. The summed E-state index contributed by atoms with van der Waals surface area (Å²) in [5.41, 5.74) is 0.392. The summed E-state index contributed by atoms with van der Waals surface area (Å²) < 4.78 is 0. The van der Waals surface area contributed by atoms with Crippen molar-refractivity contribution in [3.05, 3.63) is 0 Å². The molecule has 1 fully saturated rings. The molecule has 0 aliphatic carbocycles. The van der Waals surface area contributed by atoms with E-state index in [1.165, 1.54) is 24.5 Å². The van der Waals surface area contributed by atoms with E-state index in [0.29, 0.717) is 5.54 Å². The van der Waals surface area contributed by atoms with Crippen molar-refractivity contribution in [2.75, 3.05) is 18.1 Å². The van der Waals surface area contributed by atoms with Crippen molar-refractivity contribution in [3.63, 3.8) is 0 Å². The van der Waals surface area contributed by atoms with Crippen LogP contribution in [-0.4, -0.2) is 23.6 Å². The molecule has 1 aliphatic rings. The quantitative estimate of drug-likeness (QED) is 0.554.